The summed E-state index contributed by atoms with van der Waals surface area (Å²) in [6.07, 6.45) is 9.01. The Bertz CT molecular complexity index is 773. The zero-order valence-corrected chi connectivity index (χ0v) is 15.7. The average molecular weight is 356 g/mol. The van der Waals surface area contributed by atoms with Crippen molar-refractivity contribution in [1.29, 1.82) is 0 Å². The summed E-state index contributed by atoms with van der Waals surface area (Å²) in [5, 5.41) is 0. The Labute approximate surface area is 154 Å². The highest BCUT2D eigenvalue weighted by Crippen LogP contribution is 2.30. The van der Waals surface area contributed by atoms with Crippen LogP contribution in [0.1, 0.15) is 53.5 Å². The first kappa shape index (κ1) is 17.3. The number of amides is 1. The van der Waals surface area contributed by atoms with Crippen molar-refractivity contribution in [1.82, 2.24) is 19.0 Å². The van der Waals surface area contributed by atoms with Crippen molar-refractivity contribution < 1.29 is 9.53 Å². The van der Waals surface area contributed by atoms with Crippen LogP contribution in [0.15, 0.2) is 24.7 Å². The van der Waals surface area contributed by atoms with Crippen molar-refractivity contribution in [2.24, 2.45) is 20.0 Å². The molecule has 0 saturated heterocycles. The van der Waals surface area contributed by atoms with E-state index in [1.54, 1.807) is 0 Å². The molecule has 0 bridgehead atoms. The van der Waals surface area contributed by atoms with Crippen molar-refractivity contribution in [3.8, 4) is 0 Å². The summed E-state index contributed by atoms with van der Waals surface area (Å²) < 4.78 is 10.1. The van der Waals surface area contributed by atoms with Crippen LogP contribution in [-0.4, -0.2) is 44.7 Å². The molecule has 3 heterocycles. The van der Waals surface area contributed by atoms with Crippen LogP contribution in [0.5, 0.6) is 0 Å². The molecule has 1 amide bonds. The van der Waals surface area contributed by atoms with Gasteiger partial charge in [-0.05, 0) is 30.9 Å². The molecule has 1 aliphatic heterocycles. The van der Waals surface area contributed by atoms with Gasteiger partial charge < -0.3 is 18.8 Å². The van der Waals surface area contributed by atoms with Crippen LogP contribution in [0.25, 0.3) is 0 Å². The summed E-state index contributed by atoms with van der Waals surface area (Å²) in [6, 6.07) is 3.79. The first-order valence-electron chi connectivity index (χ1n) is 9.62. The van der Waals surface area contributed by atoms with Gasteiger partial charge in [0.25, 0.3) is 5.91 Å². The van der Waals surface area contributed by atoms with Crippen LogP contribution in [0.3, 0.4) is 0 Å². The van der Waals surface area contributed by atoms with Crippen molar-refractivity contribution in [3.63, 3.8) is 0 Å². The number of hydrogen-bond acceptors (Lipinski definition) is 3. The van der Waals surface area contributed by atoms with E-state index < -0.39 is 0 Å². The van der Waals surface area contributed by atoms with Gasteiger partial charge in [0, 0.05) is 45.1 Å². The topological polar surface area (TPSA) is 52.3 Å². The lowest BCUT2D eigenvalue weighted by molar-refractivity contribution is 0.0565. The maximum absolute atomic E-state index is 13.0. The average Bonchev–Trinajstić information content (AvgIpc) is 3.36. The highest BCUT2D eigenvalue weighted by Gasteiger charge is 2.32. The highest BCUT2D eigenvalue weighted by molar-refractivity contribution is 5.92. The second kappa shape index (κ2) is 7.27. The van der Waals surface area contributed by atoms with Crippen molar-refractivity contribution in [3.05, 3.63) is 41.7 Å². The van der Waals surface area contributed by atoms with E-state index in [-0.39, 0.29) is 11.8 Å². The molecule has 0 spiro atoms. The third-order valence-electron chi connectivity index (χ3n) is 5.83. The Morgan fingerprint density at radius 2 is 2.04 bits per heavy atom. The first-order chi connectivity index (χ1) is 12.6. The summed E-state index contributed by atoms with van der Waals surface area (Å²) >= 11 is 0. The Hall–Kier alpha value is -2.08. The standard InChI is InChI=1S/C20H28N4O2/c1-22-9-5-8-18(22)20(25)24-10-16(13-26-12-15-6-3-4-7-15)19-17(11-24)21-14-23(19)2/h5,8-9,14-16H,3-4,6-7,10-13H2,1-2H3/t16-/m1/s1. The second-order valence-corrected chi connectivity index (χ2v) is 7.76. The molecule has 0 unspecified atom stereocenters. The number of imidazole rings is 1. The van der Waals surface area contributed by atoms with Gasteiger partial charge in [0.1, 0.15) is 5.69 Å². The van der Waals surface area contributed by atoms with E-state index in [2.05, 4.69) is 9.55 Å². The smallest absolute Gasteiger partial charge is 0.270 e. The molecule has 2 aromatic heterocycles. The molecule has 2 aromatic rings. The fraction of sp³-hybridized carbons (Fsp3) is 0.600. The van der Waals surface area contributed by atoms with Gasteiger partial charge in [-0.2, -0.15) is 0 Å². The van der Waals surface area contributed by atoms with E-state index >= 15 is 0 Å². The molecule has 6 nitrogen and oxygen atoms in total. The van der Waals surface area contributed by atoms with Crippen molar-refractivity contribution in [2.45, 2.75) is 38.1 Å². The lowest BCUT2D eigenvalue weighted by atomic mass is 9.98. The molecule has 2 aliphatic rings. The maximum Gasteiger partial charge on any atom is 0.270 e. The molecule has 1 aliphatic carbocycles. The van der Waals surface area contributed by atoms with Gasteiger partial charge in [0.15, 0.2) is 0 Å². The lowest BCUT2D eigenvalue weighted by Gasteiger charge is -2.33. The zero-order valence-electron chi connectivity index (χ0n) is 15.7. The Morgan fingerprint density at radius 3 is 2.77 bits per heavy atom. The van der Waals surface area contributed by atoms with E-state index in [1.807, 2.05) is 48.2 Å². The SMILES string of the molecule is Cn1cccc1C(=O)N1Cc2ncn(C)c2[C@@H](COCC2CCCC2)C1. The summed E-state index contributed by atoms with van der Waals surface area (Å²) in [7, 11) is 3.94. The molecule has 1 saturated carbocycles. The Balaban J connectivity index is 1.48. The van der Waals surface area contributed by atoms with Gasteiger partial charge in [0.05, 0.1) is 25.2 Å². The fourth-order valence-electron chi connectivity index (χ4n) is 4.42. The van der Waals surface area contributed by atoms with E-state index in [9.17, 15) is 4.79 Å². The second-order valence-electron chi connectivity index (χ2n) is 7.76. The molecule has 4 rings (SSSR count). The molecule has 0 radical (unpaired) electrons. The number of aryl methyl sites for hydroxylation is 2. The van der Waals surface area contributed by atoms with Crippen LogP contribution in [0, 0.1) is 5.92 Å². The predicted octanol–water partition coefficient (Wildman–Crippen LogP) is 2.71. The highest BCUT2D eigenvalue weighted by atomic mass is 16.5. The number of hydrogen-bond donors (Lipinski definition) is 0. The molecule has 0 aromatic carbocycles. The maximum atomic E-state index is 13.0. The van der Waals surface area contributed by atoms with Gasteiger partial charge >= 0.3 is 0 Å². The lowest BCUT2D eigenvalue weighted by Crippen LogP contribution is -2.41. The number of rotatable bonds is 5. The minimum absolute atomic E-state index is 0.0644. The summed E-state index contributed by atoms with van der Waals surface area (Å²) in [6.45, 7) is 2.75. The third-order valence-corrected chi connectivity index (χ3v) is 5.83. The summed E-state index contributed by atoms with van der Waals surface area (Å²) in [5.41, 5.74) is 2.93. The van der Waals surface area contributed by atoms with Gasteiger partial charge in [-0.15, -0.1) is 0 Å². The quantitative estimate of drug-likeness (QED) is 0.828. The molecule has 26 heavy (non-hydrogen) atoms. The molecular formula is C20H28N4O2. The predicted molar refractivity (Wildman–Crippen MR) is 98.9 cm³/mol. The number of nitrogens with zero attached hydrogens (tertiary/aromatic N) is 4. The van der Waals surface area contributed by atoms with E-state index in [4.69, 9.17) is 4.74 Å². The van der Waals surface area contributed by atoms with Crippen LogP contribution in [-0.2, 0) is 25.4 Å². The molecule has 0 N–H and O–H groups in total. The van der Waals surface area contributed by atoms with Crippen LogP contribution in [0.2, 0.25) is 0 Å². The fourth-order valence-corrected chi connectivity index (χ4v) is 4.42. The van der Waals surface area contributed by atoms with E-state index in [0.29, 0.717) is 25.6 Å². The van der Waals surface area contributed by atoms with E-state index in [1.165, 1.54) is 31.4 Å². The van der Waals surface area contributed by atoms with Crippen LogP contribution < -0.4 is 0 Å². The molecular weight excluding hydrogens is 328 g/mol. The summed E-state index contributed by atoms with van der Waals surface area (Å²) in [5.74, 6) is 0.956. The largest absolute Gasteiger partial charge is 0.380 e. The van der Waals surface area contributed by atoms with Crippen molar-refractivity contribution in [2.75, 3.05) is 19.8 Å². The number of carbonyl (C=O) groups excluding carboxylic acids is 1. The molecule has 1 atom stereocenters. The summed E-state index contributed by atoms with van der Waals surface area (Å²) in [4.78, 5) is 19.4. The van der Waals surface area contributed by atoms with Gasteiger partial charge in [0.2, 0.25) is 0 Å². The normalized spacial score (nSPS) is 20.5. The zero-order chi connectivity index (χ0) is 18.1. The molecule has 1 fully saturated rings. The molecule has 140 valence electrons. The third kappa shape index (κ3) is 3.30. The number of fused-ring (bicyclic) bond motifs is 1. The Morgan fingerprint density at radius 1 is 1.23 bits per heavy atom. The minimum atomic E-state index is 0.0644. The number of ether oxygens (including phenoxy) is 1. The van der Waals surface area contributed by atoms with Crippen LogP contribution in [0.4, 0.5) is 0 Å². The Kier molecular flexibility index (Phi) is 4.85. The van der Waals surface area contributed by atoms with Crippen molar-refractivity contribution >= 4 is 5.91 Å². The number of carbonyl (C=O) groups is 1. The number of aromatic nitrogens is 3. The van der Waals surface area contributed by atoms with E-state index in [0.717, 1.165) is 18.0 Å². The monoisotopic (exact) mass is 356 g/mol. The van der Waals surface area contributed by atoms with Gasteiger partial charge in [-0.3, -0.25) is 4.79 Å². The molecule has 6 heteroatoms. The van der Waals surface area contributed by atoms with Gasteiger partial charge in [-0.25, -0.2) is 4.98 Å². The first-order valence-corrected chi connectivity index (χ1v) is 9.62. The van der Waals surface area contributed by atoms with Crippen LogP contribution >= 0.6 is 0 Å². The van der Waals surface area contributed by atoms with Gasteiger partial charge in [-0.1, -0.05) is 12.8 Å². The minimum Gasteiger partial charge on any atom is -0.380 e.